The highest BCUT2D eigenvalue weighted by Gasteiger charge is 2.26. The molecule has 5 nitrogen and oxygen atoms in total. The number of amides is 1. The molecule has 3 aromatic rings. The zero-order valence-electron chi connectivity index (χ0n) is 17.1. The van der Waals surface area contributed by atoms with Crippen LogP contribution in [0.2, 0.25) is 0 Å². The summed E-state index contributed by atoms with van der Waals surface area (Å²) in [5.74, 6) is 0.806. The van der Waals surface area contributed by atoms with Crippen LogP contribution in [0, 0.1) is 12.7 Å². The van der Waals surface area contributed by atoms with Gasteiger partial charge < -0.3 is 9.73 Å². The minimum atomic E-state index is -0.284. The summed E-state index contributed by atoms with van der Waals surface area (Å²) in [6, 6.07) is 13.8. The predicted octanol–water partition coefficient (Wildman–Crippen LogP) is 4.43. The van der Waals surface area contributed by atoms with E-state index < -0.39 is 0 Å². The molecule has 6 heteroatoms. The average Bonchev–Trinajstić information content (AvgIpc) is 3.27. The first kappa shape index (κ1) is 20.3. The lowest BCUT2D eigenvalue weighted by Gasteiger charge is -2.31. The molecule has 1 aromatic carbocycles. The molecule has 156 valence electrons. The fourth-order valence-corrected chi connectivity index (χ4v) is 3.95. The van der Waals surface area contributed by atoms with E-state index in [2.05, 4.69) is 10.2 Å². The van der Waals surface area contributed by atoms with E-state index in [9.17, 15) is 9.18 Å². The summed E-state index contributed by atoms with van der Waals surface area (Å²) in [6.45, 7) is 5.00. The Morgan fingerprint density at radius 1 is 1.17 bits per heavy atom. The van der Waals surface area contributed by atoms with Gasteiger partial charge in [-0.15, -0.1) is 0 Å². The van der Waals surface area contributed by atoms with Crippen molar-refractivity contribution >= 4 is 5.91 Å². The maximum absolute atomic E-state index is 13.1. The Balaban J connectivity index is 1.41. The molecule has 1 aliphatic heterocycles. The fourth-order valence-electron chi connectivity index (χ4n) is 3.95. The summed E-state index contributed by atoms with van der Waals surface area (Å²) in [6.07, 6.45) is 3.61. The molecule has 4 rings (SSSR count). The molecule has 1 amide bonds. The van der Waals surface area contributed by atoms with Crippen LogP contribution in [-0.2, 0) is 13.1 Å². The summed E-state index contributed by atoms with van der Waals surface area (Å²) in [7, 11) is 0. The standard InChI is InChI=1S/C24H26FN3O2/c1-17-4-9-22(24(29)26-15-18-5-7-20(25)8-6-18)23(27-17)19-10-12-28(13-11-19)16-21-3-2-14-30-21/h2-9,14,19H,10-13,15-16H2,1H3,(H,26,29). The number of halogens is 1. The summed E-state index contributed by atoms with van der Waals surface area (Å²) < 4.78 is 18.5. The molecular weight excluding hydrogens is 381 g/mol. The number of carbonyl (C=O) groups excluding carboxylic acids is 1. The highest BCUT2D eigenvalue weighted by Crippen LogP contribution is 2.30. The summed E-state index contributed by atoms with van der Waals surface area (Å²) in [5, 5.41) is 2.95. The highest BCUT2D eigenvalue weighted by molar-refractivity contribution is 5.95. The number of aromatic nitrogens is 1. The molecule has 0 unspecified atom stereocenters. The Morgan fingerprint density at radius 3 is 2.63 bits per heavy atom. The molecule has 0 spiro atoms. The minimum Gasteiger partial charge on any atom is -0.468 e. The molecule has 0 atom stereocenters. The first-order valence-corrected chi connectivity index (χ1v) is 10.3. The van der Waals surface area contributed by atoms with Gasteiger partial charge in [-0.05, 0) is 74.8 Å². The number of carbonyl (C=O) groups is 1. The van der Waals surface area contributed by atoms with E-state index in [4.69, 9.17) is 9.40 Å². The van der Waals surface area contributed by atoms with Gasteiger partial charge in [0.1, 0.15) is 11.6 Å². The Kier molecular flexibility index (Phi) is 6.23. The molecular formula is C24H26FN3O2. The molecule has 1 fully saturated rings. The monoisotopic (exact) mass is 407 g/mol. The van der Waals surface area contributed by atoms with Crippen LogP contribution in [0.25, 0.3) is 0 Å². The molecule has 30 heavy (non-hydrogen) atoms. The van der Waals surface area contributed by atoms with Crippen LogP contribution in [0.4, 0.5) is 4.39 Å². The SMILES string of the molecule is Cc1ccc(C(=O)NCc2ccc(F)cc2)c(C2CCN(Cc3ccco3)CC2)n1. The number of rotatable bonds is 6. The van der Waals surface area contributed by atoms with Crippen LogP contribution < -0.4 is 5.32 Å². The van der Waals surface area contributed by atoms with E-state index in [-0.39, 0.29) is 17.6 Å². The van der Waals surface area contributed by atoms with E-state index in [1.807, 2.05) is 31.2 Å². The molecule has 0 saturated carbocycles. The first-order chi connectivity index (χ1) is 14.6. The first-order valence-electron chi connectivity index (χ1n) is 10.3. The Morgan fingerprint density at radius 2 is 1.93 bits per heavy atom. The predicted molar refractivity (Wildman–Crippen MR) is 113 cm³/mol. The van der Waals surface area contributed by atoms with Crippen molar-refractivity contribution in [3.63, 3.8) is 0 Å². The van der Waals surface area contributed by atoms with Gasteiger partial charge in [0.25, 0.3) is 5.91 Å². The van der Waals surface area contributed by atoms with E-state index >= 15 is 0 Å². The van der Waals surface area contributed by atoms with E-state index in [0.717, 1.165) is 55.2 Å². The number of hydrogen-bond acceptors (Lipinski definition) is 4. The third-order valence-electron chi connectivity index (χ3n) is 5.61. The molecule has 3 heterocycles. The van der Waals surface area contributed by atoms with Gasteiger partial charge in [0.05, 0.1) is 24.1 Å². The number of piperidine rings is 1. The van der Waals surface area contributed by atoms with Crippen molar-refractivity contribution in [2.24, 2.45) is 0 Å². The van der Waals surface area contributed by atoms with Crippen molar-refractivity contribution in [1.29, 1.82) is 0 Å². The molecule has 0 bridgehead atoms. The molecule has 1 saturated heterocycles. The second-order valence-corrected chi connectivity index (χ2v) is 7.82. The second kappa shape index (κ2) is 9.22. The topological polar surface area (TPSA) is 58.4 Å². The van der Waals surface area contributed by atoms with Gasteiger partial charge in [-0.2, -0.15) is 0 Å². The number of aryl methyl sites for hydroxylation is 1. The molecule has 0 radical (unpaired) electrons. The largest absolute Gasteiger partial charge is 0.468 e. The van der Waals surface area contributed by atoms with E-state index in [1.165, 1.54) is 12.1 Å². The van der Waals surface area contributed by atoms with Crippen molar-refractivity contribution < 1.29 is 13.6 Å². The maximum atomic E-state index is 13.1. The highest BCUT2D eigenvalue weighted by atomic mass is 19.1. The van der Waals surface area contributed by atoms with E-state index in [0.29, 0.717) is 12.1 Å². The van der Waals surface area contributed by atoms with Gasteiger partial charge in [-0.1, -0.05) is 12.1 Å². The summed E-state index contributed by atoms with van der Waals surface area (Å²) in [5.41, 5.74) is 3.28. The number of benzene rings is 1. The summed E-state index contributed by atoms with van der Waals surface area (Å²) in [4.78, 5) is 20.0. The number of nitrogens with one attached hydrogen (secondary N) is 1. The van der Waals surface area contributed by atoms with Crippen LogP contribution in [0.15, 0.2) is 59.2 Å². The zero-order chi connectivity index (χ0) is 20.9. The lowest BCUT2D eigenvalue weighted by atomic mass is 9.89. The number of furan rings is 1. The van der Waals surface area contributed by atoms with E-state index in [1.54, 1.807) is 18.4 Å². The van der Waals surface area contributed by atoms with Crippen LogP contribution in [0.1, 0.15) is 51.8 Å². The lowest BCUT2D eigenvalue weighted by molar-refractivity contribution is 0.0948. The normalized spacial score (nSPS) is 15.3. The Hall–Kier alpha value is -2.99. The second-order valence-electron chi connectivity index (χ2n) is 7.82. The Labute approximate surface area is 175 Å². The average molecular weight is 407 g/mol. The number of nitrogens with zero attached hydrogens (tertiary/aromatic N) is 2. The number of pyridine rings is 1. The minimum absolute atomic E-state index is 0.139. The van der Waals surface area contributed by atoms with Gasteiger partial charge in [0.2, 0.25) is 0 Å². The van der Waals surface area contributed by atoms with Crippen molar-refractivity contribution in [3.05, 3.63) is 88.9 Å². The molecule has 1 N–H and O–H groups in total. The van der Waals surface area contributed by atoms with Crippen LogP contribution in [0.5, 0.6) is 0 Å². The molecule has 1 aliphatic rings. The van der Waals surface area contributed by atoms with Gasteiger partial charge in [0, 0.05) is 18.2 Å². The third kappa shape index (κ3) is 4.94. The summed E-state index contributed by atoms with van der Waals surface area (Å²) >= 11 is 0. The third-order valence-corrected chi connectivity index (χ3v) is 5.61. The van der Waals surface area contributed by atoms with Crippen molar-refractivity contribution in [2.75, 3.05) is 13.1 Å². The smallest absolute Gasteiger partial charge is 0.253 e. The number of hydrogen-bond donors (Lipinski definition) is 1. The van der Waals surface area contributed by atoms with Crippen molar-refractivity contribution in [2.45, 2.75) is 38.8 Å². The van der Waals surface area contributed by atoms with Crippen LogP contribution in [-0.4, -0.2) is 28.9 Å². The molecule has 0 aliphatic carbocycles. The quantitative estimate of drug-likeness (QED) is 0.657. The maximum Gasteiger partial charge on any atom is 0.253 e. The Bertz CT molecular complexity index is 978. The fraction of sp³-hybridized carbons (Fsp3) is 0.333. The van der Waals surface area contributed by atoms with Crippen molar-refractivity contribution in [1.82, 2.24) is 15.2 Å². The van der Waals surface area contributed by atoms with Crippen molar-refractivity contribution in [3.8, 4) is 0 Å². The van der Waals surface area contributed by atoms with Gasteiger partial charge in [-0.3, -0.25) is 14.7 Å². The van der Waals surface area contributed by atoms with Crippen LogP contribution in [0.3, 0.4) is 0 Å². The van der Waals surface area contributed by atoms with Gasteiger partial charge in [0.15, 0.2) is 0 Å². The molecule has 2 aromatic heterocycles. The van der Waals surface area contributed by atoms with Gasteiger partial charge in [-0.25, -0.2) is 4.39 Å². The van der Waals surface area contributed by atoms with Crippen LogP contribution >= 0.6 is 0 Å². The zero-order valence-corrected chi connectivity index (χ0v) is 17.1. The van der Waals surface area contributed by atoms with Gasteiger partial charge >= 0.3 is 0 Å². The number of likely N-dealkylation sites (tertiary alicyclic amines) is 1. The lowest BCUT2D eigenvalue weighted by Crippen LogP contribution is -2.33.